The molecule has 1 aromatic carbocycles. The van der Waals surface area contributed by atoms with Gasteiger partial charge < -0.3 is 10.1 Å². The van der Waals surface area contributed by atoms with Crippen LogP contribution in [0.3, 0.4) is 0 Å². The Labute approximate surface area is 102 Å². The number of benzene rings is 1. The maximum absolute atomic E-state index is 12.9. The smallest absolute Gasteiger partial charge is 0.126 e. The molecule has 0 atom stereocenters. The molecule has 94 valence electrons. The van der Waals surface area contributed by atoms with Gasteiger partial charge in [-0.3, -0.25) is 0 Å². The molecule has 1 fully saturated rings. The molecule has 2 nitrogen and oxygen atoms in total. The van der Waals surface area contributed by atoms with E-state index in [-0.39, 0.29) is 5.82 Å². The summed E-state index contributed by atoms with van der Waals surface area (Å²) < 4.78 is 18.3. The molecule has 1 N–H and O–H groups in total. The highest BCUT2D eigenvalue weighted by Crippen LogP contribution is 2.17. The Morgan fingerprint density at radius 1 is 1.24 bits per heavy atom. The van der Waals surface area contributed by atoms with Crippen LogP contribution in [0.5, 0.6) is 5.75 Å². The number of rotatable bonds is 5. The van der Waals surface area contributed by atoms with Crippen molar-refractivity contribution in [1.29, 1.82) is 0 Å². The second-order valence-electron chi connectivity index (χ2n) is 4.59. The van der Waals surface area contributed by atoms with Crippen molar-refractivity contribution < 1.29 is 9.13 Å². The number of hydrogen-bond acceptors (Lipinski definition) is 2. The molecule has 3 heteroatoms. The van der Waals surface area contributed by atoms with E-state index < -0.39 is 0 Å². The van der Waals surface area contributed by atoms with Gasteiger partial charge in [0.05, 0.1) is 0 Å². The lowest BCUT2D eigenvalue weighted by molar-refractivity contribution is 0.288. The molecule has 0 unspecified atom stereocenters. The summed E-state index contributed by atoms with van der Waals surface area (Å²) in [5.74, 6) is 0.359. The molecule has 0 aromatic heterocycles. The Bertz CT molecular complexity index is 337. The predicted octanol–water partition coefficient (Wildman–Crippen LogP) is 3.13. The maximum Gasteiger partial charge on any atom is 0.126 e. The minimum Gasteiger partial charge on any atom is -0.492 e. The standard InChI is InChI=1S/C14H20FNO/c15-12-5-4-8-14(11-12)17-10-9-16-13-6-2-1-3-7-13/h4-5,8,11,13,16H,1-3,6-7,9-10H2. The zero-order valence-corrected chi connectivity index (χ0v) is 10.1. The Morgan fingerprint density at radius 2 is 2.06 bits per heavy atom. The van der Waals surface area contributed by atoms with E-state index in [1.54, 1.807) is 12.1 Å². The molecule has 0 spiro atoms. The van der Waals surface area contributed by atoms with Gasteiger partial charge in [0.25, 0.3) is 0 Å². The highest BCUT2D eigenvalue weighted by molar-refractivity contribution is 5.22. The summed E-state index contributed by atoms with van der Waals surface area (Å²) in [6, 6.07) is 6.94. The summed E-state index contributed by atoms with van der Waals surface area (Å²) in [5.41, 5.74) is 0. The van der Waals surface area contributed by atoms with Gasteiger partial charge in [-0.15, -0.1) is 0 Å². The third-order valence-corrected chi connectivity index (χ3v) is 3.21. The number of hydrogen-bond donors (Lipinski definition) is 1. The van der Waals surface area contributed by atoms with E-state index in [1.165, 1.54) is 44.2 Å². The molecular weight excluding hydrogens is 217 g/mol. The minimum absolute atomic E-state index is 0.247. The van der Waals surface area contributed by atoms with Gasteiger partial charge in [-0.25, -0.2) is 4.39 Å². The van der Waals surface area contributed by atoms with Gasteiger partial charge in [0.15, 0.2) is 0 Å². The zero-order valence-electron chi connectivity index (χ0n) is 10.1. The van der Waals surface area contributed by atoms with Crippen molar-refractivity contribution in [2.45, 2.75) is 38.1 Å². The molecule has 1 aromatic rings. The van der Waals surface area contributed by atoms with Crippen LogP contribution in [0.25, 0.3) is 0 Å². The van der Waals surface area contributed by atoms with Gasteiger partial charge in [0, 0.05) is 18.7 Å². The Hall–Kier alpha value is -1.09. The lowest BCUT2D eigenvalue weighted by Crippen LogP contribution is -2.34. The molecule has 1 aliphatic carbocycles. The first-order valence-corrected chi connectivity index (χ1v) is 6.46. The van der Waals surface area contributed by atoms with E-state index >= 15 is 0 Å². The average Bonchev–Trinajstić information content (AvgIpc) is 2.36. The van der Waals surface area contributed by atoms with Crippen LogP contribution in [0.15, 0.2) is 24.3 Å². The van der Waals surface area contributed by atoms with Crippen LogP contribution >= 0.6 is 0 Å². The van der Waals surface area contributed by atoms with E-state index in [0.29, 0.717) is 18.4 Å². The largest absolute Gasteiger partial charge is 0.492 e. The monoisotopic (exact) mass is 237 g/mol. The van der Waals surface area contributed by atoms with Crippen LogP contribution in [0.4, 0.5) is 4.39 Å². The number of ether oxygens (including phenoxy) is 1. The maximum atomic E-state index is 12.9. The Kier molecular flexibility index (Phi) is 4.80. The fourth-order valence-corrected chi connectivity index (χ4v) is 2.30. The Morgan fingerprint density at radius 3 is 2.82 bits per heavy atom. The molecule has 2 rings (SSSR count). The van der Waals surface area contributed by atoms with Gasteiger partial charge in [-0.05, 0) is 25.0 Å². The predicted molar refractivity (Wildman–Crippen MR) is 66.8 cm³/mol. The summed E-state index contributed by atoms with van der Waals surface area (Å²) in [6.45, 7) is 1.43. The van der Waals surface area contributed by atoms with Gasteiger partial charge >= 0.3 is 0 Å². The van der Waals surface area contributed by atoms with Crippen molar-refractivity contribution >= 4 is 0 Å². The second-order valence-corrected chi connectivity index (χ2v) is 4.59. The summed E-state index contributed by atoms with van der Waals surface area (Å²) in [4.78, 5) is 0. The highest BCUT2D eigenvalue weighted by Gasteiger charge is 2.11. The van der Waals surface area contributed by atoms with Gasteiger partial charge in [0.2, 0.25) is 0 Å². The third-order valence-electron chi connectivity index (χ3n) is 3.21. The van der Waals surface area contributed by atoms with E-state index in [1.807, 2.05) is 0 Å². The van der Waals surface area contributed by atoms with Gasteiger partial charge in [-0.2, -0.15) is 0 Å². The number of nitrogens with one attached hydrogen (secondary N) is 1. The average molecular weight is 237 g/mol. The minimum atomic E-state index is -0.247. The third kappa shape index (κ3) is 4.35. The van der Waals surface area contributed by atoms with Crippen molar-refractivity contribution in [2.75, 3.05) is 13.2 Å². The highest BCUT2D eigenvalue weighted by atomic mass is 19.1. The molecule has 0 radical (unpaired) electrons. The molecule has 0 aliphatic heterocycles. The van der Waals surface area contributed by atoms with Gasteiger partial charge in [-0.1, -0.05) is 25.3 Å². The van der Waals surface area contributed by atoms with Crippen LogP contribution < -0.4 is 10.1 Å². The van der Waals surface area contributed by atoms with Gasteiger partial charge in [0.1, 0.15) is 18.2 Å². The van der Waals surface area contributed by atoms with E-state index in [2.05, 4.69) is 5.32 Å². The first kappa shape index (κ1) is 12.4. The zero-order chi connectivity index (χ0) is 11.9. The van der Waals surface area contributed by atoms with E-state index in [0.717, 1.165) is 6.54 Å². The lowest BCUT2D eigenvalue weighted by Gasteiger charge is -2.22. The van der Waals surface area contributed by atoms with E-state index in [4.69, 9.17) is 4.74 Å². The van der Waals surface area contributed by atoms with Crippen molar-refractivity contribution in [3.05, 3.63) is 30.1 Å². The van der Waals surface area contributed by atoms with Crippen molar-refractivity contribution in [2.24, 2.45) is 0 Å². The molecule has 0 heterocycles. The van der Waals surface area contributed by atoms with Crippen LogP contribution in [0.2, 0.25) is 0 Å². The summed E-state index contributed by atoms with van der Waals surface area (Å²) in [6.07, 6.45) is 6.60. The van der Waals surface area contributed by atoms with Crippen molar-refractivity contribution in [3.63, 3.8) is 0 Å². The molecule has 1 saturated carbocycles. The van der Waals surface area contributed by atoms with Crippen molar-refractivity contribution in [3.8, 4) is 5.75 Å². The topological polar surface area (TPSA) is 21.3 Å². The quantitative estimate of drug-likeness (QED) is 0.794. The molecule has 0 amide bonds. The van der Waals surface area contributed by atoms with Crippen LogP contribution in [-0.4, -0.2) is 19.2 Å². The van der Waals surface area contributed by atoms with Crippen LogP contribution in [0, 0.1) is 5.82 Å². The number of halogens is 1. The summed E-state index contributed by atoms with van der Waals surface area (Å²) >= 11 is 0. The fraction of sp³-hybridized carbons (Fsp3) is 0.571. The van der Waals surface area contributed by atoms with Crippen molar-refractivity contribution in [1.82, 2.24) is 5.32 Å². The second kappa shape index (κ2) is 6.60. The molecule has 0 saturated heterocycles. The molecule has 1 aliphatic rings. The molecular formula is C14H20FNO. The molecule has 17 heavy (non-hydrogen) atoms. The van der Waals surface area contributed by atoms with Crippen LogP contribution in [0.1, 0.15) is 32.1 Å². The molecule has 0 bridgehead atoms. The first-order chi connectivity index (χ1) is 8.34. The van der Waals surface area contributed by atoms with Crippen LogP contribution in [-0.2, 0) is 0 Å². The van der Waals surface area contributed by atoms with E-state index in [9.17, 15) is 4.39 Å². The first-order valence-electron chi connectivity index (χ1n) is 6.46. The summed E-state index contributed by atoms with van der Waals surface area (Å²) in [7, 11) is 0. The SMILES string of the molecule is Fc1cccc(OCCNC2CCCCC2)c1. The Balaban J connectivity index is 1.62. The fourth-order valence-electron chi connectivity index (χ4n) is 2.30. The lowest BCUT2D eigenvalue weighted by atomic mass is 9.96. The normalized spacial score (nSPS) is 17.0. The summed E-state index contributed by atoms with van der Waals surface area (Å²) in [5, 5.41) is 3.49.